The molecule has 1 aromatic rings. The lowest BCUT2D eigenvalue weighted by atomic mass is 9.77. The largest absolute Gasteiger partial charge is 0.348 e. The van der Waals surface area contributed by atoms with Crippen molar-refractivity contribution in [2.75, 3.05) is 18.0 Å². The number of thiazole rings is 1. The highest BCUT2D eigenvalue weighted by atomic mass is 32.1. The maximum atomic E-state index is 5.83. The predicted molar refractivity (Wildman–Crippen MR) is 88.4 cm³/mol. The van der Waals surface area contributed by atoms with Crippen molar-refractivity contribution >= 4 is 16.5 Å². The summed E-state index contributed by atoms with van der Waals surface area (Å²) in [4.78, 5) is 8.56. The molecule has 0 spiro atoms. The molecule has 0 saturated carbocycles. The summed E-state index contributed by atoms with van der Waals surface area (Å²) in [5, 5.41) is 1.19. The molecule has 4 heteroatoms. The van der Waals surface area contributed by atoms with Crippen LogP contribution in [0.2, 0.25) is 0 Å². The summed E-state index contributed by atoms with van der Waals surface area (Å²) in [5.41, 5.74) is 7.46. The van der Waals surface area contributed by atoms with Crippen molar-refractivity contribution < 1.29 is 0 Å². The first kappa shape index (κ1) is 15.8. The third-order valence-electron chi connectivity index (χ3n) is 4.51. The van der Waals surface area contributed by atoms with Gasteiger partial charge in [-0.2, -0.15) is 0 Å². The lowest BCUT2D eigenvalue weighted by molar-refractivity contribution is 0.220. The highest BCUT2D eigenvalue weighted by Crippen LogP contribution is 2.36. The standard InChI is InChI=1S/C16H29N3S/c1-5-13-14(11-17)20-15(18-13)19-9-6-7-12(8-10-19)16(2,3)4/h12H,5-11,17H2,1-4H3. The SMILES string of the molecule is CCc1nc(N2CCCC(C(C)(C)C)CC2)sc1CN. The van der Waals surface area contributed by atoms with E-state index in [2.05, 4.69) is 32.6 Å². The molecule has 114 valence electrons. The van der Waals surface area contributed by atoms with Crippen LogP contribution in [0.15, 0.2) is 0 Å². The molecular formula is C16H29N3S. The van der Waals surface area contributed by atoms with Gasteiger partial charge < -0.3 is 10.6 Å². The Bertz CT molecular complexity index is 412. The van der Waals surface area contributed by atoms with Crippen molar-refractivity contribution in [3.05, 3.63) is 10.6 Å². The van der Waals surface area contributed by atoms with Crippen LogP contribution in [0.4, 0.5) is 5.13 Å². The maximum Gasteiger partial charge on any atom is 0.185 e. The molecule has 0 bridgehead atoms. The van der Waals surface area contributed by atoms with Gasteiger partial charge in [0.2, 0.25) is 0 Å². The predicted octanol–water partition coefficient (Wildman–Crippen LogP) is 3.82. The molecule has 2 rings (SSSR count). The van der Waals surface area contributed by atoms with E-state index < -0.39 is 0 Å². The smallest absolute Gasteiger partial charge is 0.185 e. The fourth-order valence-electron chi connectivity index (χ4n) is 3.09. The average Bonchev–Trinajstić information content (AvgIpc) is 2.64. The molecule has 3 nitrogen and oxygen atoms in total. The van der Waals surface area contributed by atoms with Crippen molar-refractivity contribution in [1.29, 1.82) is 0 Å². The van der Waals surface area contributed by atoms with Gasteiger partial charge in [0.15, 0.2) is 5.13 Å². The molecule has 1 aromatic heterocycles. The zero-order chi connectivity index (χ0) is 14.8. The first-order valence-corrected chi connectivity index (χ1v) is 8.71. The van der Waals surface area contributed by atoms with E-state index >= 15 is 0 Å². The zero-order valence-electron chi connectivity index (χ0n) is 13.4. The first-order chi connectivity index (χ1) is 9.45. The van der Waals surface area contributed by atoms with Gasteiger partial charge in [0.25, 0.3) is 0 Å². The number of hydrogen-bond donors (Lipinski definition) is 1. The zero-order valence-corrected chi connectivity index (χ0v) is 14.2. The first-order valence-electron chi connectivity index (χ1n) is 7.89. The van der Waals surface area contributed by atoms with E-state index in [1.54, 1.807) is 11.3 Å². The minimum absolute atomic E-state index is 0.426. The summed E-state index contributed by atoms with van der Waals surface area (Å²) in [6.45, 7) is 12.2. The summed E-state index contributed by atoms with van der Waals surface area (Å²) < 4.78 is 0. The molecule has 1 atom stereocenters. The molecule has 0 amide bonds. The number of nitrogens with two attached hydrogens (primary N) is 1. The number of hydrogen-bond acceptors (Lipinski definition) is 4. The van der Waals surface area contributed by atoms with Crippen LogP contribution >= 0.6 is 11.3 Å². The van der Waals surface area contributed by atoms with Gasteiger partial charge in [-0.25, -0.2) is 4.98 Å². The molecule has 2 heterocycles. The van der Waals surface area contributed by atoms with E-state index in [9.17, 15) is 0 Å². The van der Waals surface area contributed by atoms with Crippen LogP contribution in [-0.2, 0) is 13.0 Å². The molecular weight excluding hydrogens is 266 g/mol. The molecule has 1 aliphatic heterocycles. The molecule has 1 aliphatic rings. The van der Waals surface area contributed by atoms with Crippen molar-refractivity contribution in [2.45, 2.75) is 59.9 Å². The molecule has 1 unspecified atom stereocenters. The topological polar surface area (TPSA) is 42.2 Å². The van der Waals surface area contributed by atoms with Gasteiger partial charge in [0.05, 0.1) is 5.69 Å². The fourth-order valence-corrected chi connectivity index (χ4v) is 4.17. The van der Waals surface area contributed by atoms with E-state index in [4.69, 9.17) is 10.7 Å². The molecule has 2 N–H and O–H groups in total. The van der Waals surface area contributed by atoms with Gasteiger partial charge >= 0.3 is 0 Å². The Morgan fingerprint density at radius 3 is 2.60 bits per heavy atom. The summed E-state index contributed by atoms with van der Waals surface area (Å²) in [6.07, 6.45) is 4.89. The van der Waals surface area contributed by atoms with E-state index in [-0.39, 0.29) is 0 Å². The summed E-state index contributed by atoms with van der Waals surface area (Å²) in [5.74, 6) is 0.826. The van der Waals surface area contributed by atoms with Gasteiger partial charge in [0, 0.05) is 24.5 Å². The lowest BCUT2D eigenvalue weighted by Gasteiger charge is -2.29. The molecule has 0 radical (unpaired) electrons. The minimum Gasteiger partial charge on any atom is -0.348 e. The second-order valence-electron chi connectivity index (χ2n) is 6.90. The molecule has 1 saturated heterocycles. The van der Waals surface area contributed by atoms with Gasteiger partial charge in [-0.3, -0.25) is 0 Å². The molecule has 0 aliphatic carbocycles. The Labute approximate surface area is 127 Å². The van der Waals surface area contributed by atoms with Crippen LogP contribution in [0.1, 0.15) is 57.5 Å². The summed E-state index contributed by atoms with van der Waals surface area (Å²) in [7, 11) is 0. The maximum absolute atomic E-state index is 5.83. The Morgan fingerprint density at radius 1 is 1.30 bits per heavy atom. The number of aryl methyl sites for hydroxylation is 1. The second-order valence-corrected chi connectivity index (χ2v) is 7.97. The number of rotatable bonds is 3. The van der Waals surface area contributed by atoms with E-state index in [1.807, 2.05) is 0 Å². The Hall–Kier alpha value is -0.610. The molecule has 1 fully saturated rings. The Kier molecular flexibility index (Phi) is 5.08. The van der Waals surface area contributed by atoms with Gasteiger partial charge in [-0.1, -0.05) is 27.7 Å². The minimum atomic E-state index is 0.426. The highest BCUT2D eigenvalue weighted by molar-refractivity contribution is 7.15. The van der Waals surface area contributed by atoms with Crippen LogP contribution < -0.4 is 10.6 Å². The summed E-state index contributed by atoms with van der Waals surface area (Å²) >= 11 is 1.80. The monoisotopic (exact) mass is 295 g/mol. The summed E-state index contributed by atoms with van der Waals surface area (Å²) in [6, 6.07) is 0. The second kappa shape index (κ2) is 6.44. The van der Waals surface area contributed by atoms with Crippen molar-refractivity contribution in [3.8, 4) is 0 Å². The molecule has 20 heavy (non-hydrogen) atoms. The highest BCUT2D eigenvalue weighted by Gasteiger charge is 2.28. The van der Waals surface area contributed by atoms with Gasteiger partial charge in [-0.05, 0) is 37.0 Å². The Morgan fingerprint density at radius 2 is 2.05 bits per heavy atom. The van der Waals surface area contributed by atoms with Crippen LogP contribution in [0.5, 0.6) is 0 Å². The van der Waals surface area contributed by atoms with Crippen molar-refractivity contribution in [1.82, 2.24) is 4.98 Å². The third-order valence-corrected chi connectivity index (χ3v) is 5.69. The quantitative estimate of drug-likeness (QED) is 0.922. The van der Waals surface area contributed by atoms with E-state index in [0.29, 0.717) is 12.0 Å². The number of aromatic nitrogens is 1. The molecule has 0 aromatic carbocycles. The number of nitrogens with zero attached hydrogens (tertiary/aromatic N) is 2. The number of anilines is 1. The van der Waals surface area contributed by atoms with Crippen LogP contribution in [0.3, 0.4) is 0 Å². The van der Waals surface area contributed by atoms with Crippen LogP contribution in [-0.4, -0.2) is 18.1 Å². The van der Waals surface area contributed by atoms with Gasteiger partial charge in [0.1, 0.15) is 0 Å². The lowest BCUT2D eigenvalue weighted by Crippen LogP contribution is -2.26. The third kappa shape index (κ3) is 3.53. The normalized spacial score (nSPS) is 21.1. The van der Waals surface area contributed by atoms with Crippen LogP contribution in [0.25, 0.3) is 0 Å². The average molecular weight is 295 g/mol. The van der Waals surface area contributed by atoms with E-state index in [1.165, 1.54) is 35.0 Å². The van der Waals surface area contributed by atoms with Crippen LogP contribution in [0, 0.1) is 11.3 Å². The fraction of sp³-hybridized carbons (Fsp3) is 0.812. The van der Waals surface area contributed by atoms with Crippen molar-refractivity contribution in [2.24, 2.45) is 17.1 Å². The van der Waals surface area contributed by atoms with E-state index in [0.717, 1.165) is 25.4 Å². The van der Waals surface area contributed by atoms with Gasteiger partial charge in [-0.15, -0.1) is 11.3 Å². The van der Waals surface area contributed by atoms with Crippen molar-refractivity contribution in [3.63, 3.8) is 0 Å². The Balaban J connectivity index is 2.08.